The third kappa shape index (κ3) is 3.32. The predicted molar refractivity (Wildman–Crippen MR) is 76.5 cm³/mol. The number of piperazine rings is 1. The van der Waals surface area contributed by atoms with Crippen molar-refractivity contribution < 1.29 is 4.39 Å². The number of likely N-dealkylation sites (N-methyl/N-ethyl adjacent to an activating group) is 1. The van der Waals surface area contributed by atoms with Crippen molar-refractivity contribution in [1.29, 1.82) is 0 Å². The lowest BCUT2D eigenvalue weighted by Gasteiger charge is -2.42. The van der Waals surface area contributed by atoms with Crippen LogP contribution in [0.5, 0.6) is 0 Å². The molecule has 0 aromatic heterocycles. The minimum atomic E-state index is -0.190. The van der Waals surface area contributed by atoms with Gasteiger partial charge in [-0.2, -0.15) is 0 Å². The van der Waals surface area contributed by atoms with Gasteiger partial charge < -0.3 is 10.6 Å². The highest BCUT2D eigenvalue weighted by Gasteiger charge is 2.28. The molecule has 0 radical (unpaired) electrons. The Bertz CT molecular complexity index is 393. The van der Waals surface area contributed by atoms with Crippen LogP contribution in [0.3, 0.4) is 0 Å². The highest BCUT2D eigenvalue weighted by Crippen LogP contribution is 2.23. The van der Waals surface area contributed by atoms with E-state index in [1.54, 1.807) is 0 Å². The van der Waals surface area contributed by atoms with E-state index in [4.69, 9.17) is 5.73 Å². The smallest absolute Gasteiger partial charge is 0.123 e. The summed E-state index contributed by atoms with van der Waals surface area (Å²) in [4.78, 5) is 4.84. The molecule has 1 aliphatic heterocycles. The average molecular weight is 265 g/mol. The summed E-state index contributed by atoms with van der Waals surface area (Å²) in [5.41, 5.74) is 7.06. The Hall–Kier alpha value is -0.970. The fourth-order valence-corrected chi connectivity index (χ4v) is 2.87. The van der Waals surface area contributed by atoms with Crippen molar-refractivity contribution in [2.75, 3.05) is 33.2 Å². The van der Waals surface area contributed by atoms with Crippen LogP contribution >= 0.6 is 0 Å². The molecule has 1 aromatic carbocycles. The SMILES string of the molecule is CCC1CN(C(CN)c2ccc(F)cc2)CCN1C. The summed E-state index contributed by atoms with van der Waals surface area (Å²) in [5, 5.41) is 0. The first kappa shape index (κ1) is 14.4. The molecule has 0 spiro atoms. The molecule has 3 nitrogen and oxygen atoms in total. The molecular formula is C15H24FN3. The van der Waals surface area contributed by atoms with Crippen molar-refractivity contribution in [1.82, 2.24) is 9.80 Å². The number of hydrogen-bond acceptors (Lipinski definition) is 3. The van der Waals surface area contributed by atoms with Gasteiger partial charge in [-0.25, -0.2) is 4.39 Å². The second-order valence-corrected chi connectivity index (χ2v) is 5.34. The molecule has 1 fully saturated rings. The van der Waals surface area contributed by atoms with Crippen LogP contribution in [-0.2, 0) is 0 Å². The molecule has 1 aromatic rings. The molecule has 1 heterocycles. The molecular weight excluding hydrogens is 241 g/mol. The van der Waals surface area contributed by atoms with Crippen LogP contribution < -0.4 is 5.73 Å². The summed E-state index contributed by atoms with van der Waals surface area (Å²) in [6, 6.07) is 7.53. The number of nitrogens with zero attached hydrogens (tertiary/aromatic N) is 2. The number of hydrogen-bond donors (Lipinski definition) is 1. The van der Waals surface area contributed by atoms with Crippen molar-refractivity contribution in [2.24, 2.45) is 5.73 Å². The topological polar surface area (TPSA) is 32.5 Å². The third-order valence-corrected chi connectivity index (χ3v) is 4.20. The van der Waals surface area contributed by atoms with Crippen LogP contribution in [0, 0.1) is 5.82 Å². The molecule has 0 bridgehead atoms. The molecule has 2 unspecified atom stereocenters. The van der Waals surface area contributed by atoms with Crippen LogP contribution in [0.1, 0.15) is 24.9 Å². The molecule has 0 amide bonds. The van der Waals surface area contributed by atoms with Crippen molar-refractivity contribution in [3.8, 4) is 0 Å². The van der Waals surface area contributed by atoms with Gasteiger partial charge in [-0.1, -0.05) is 19.1 Å². The maximum atomic E-state index is 13.0. The molecule has 0 aliphatic carbocycles. The molecule has 19 heavy (non-hydrogen) atoms. The van der Waals surface area contributed by atoms with Crippen molar-refractivity contribution in [3.05, 3.63) is 35.6 Å². The quantitative estimate of drug-likeness (QED) is 0.902. The molecule has 106 valence electrons. The van der Waals surface area contributed by atoms with Gasteiger partial charge in [0.05, 0.1) is 0 Å². The first-order valence-corrected chi connectivity index (χ1v) is 7.05. The second kappa shape index (κ2) is 6.46. The third-order valence-electron chi connectivity index (χ3n) is 4.20. The van der Waals surface area contributed by atoms with Gasteiger partial charge in [0.15, 0.2) is 0 Å². The first-order valence-electron chi connectivity index (χ1n) is 7.05. The van der Waals surface area contributed by atoms with Gasteiger partial charge in [0.1, 0.15) is 5.82 Å². The van der Waals surface area contributed by atoms with Gasteiger partial charge in [0, 0.05) is 38.3 Å². The summed E-state index contributed by atoms with van der Waals surface area (Å²) < 4.78 is 13.0. The molecule has 2 atom stereocenters. The van der Waals surface area contributed by atoms with Gasteiger partial charge >= 0.3 is 0 Å². The van der Waals surface area contributed by atoms with Crippen LogP contribution in [0.25, 0.3) is 0 Å². The van der Waals surface area contributed by atoms with E-state index in [0.29, 0.717) is 12.6 Å². The Labute approximate surface area is 115 Å². The van der Waals surface area contributed by atoms with Crippen LogP contribution in [0.4, 0.5) is 4.39 Å². The Morgan fingerprint density at radius 2 is 2.00 bits per heavy atom. The number of benzene rings is 1. The highest BCUT2D eigenvalue weighted by molar-refractivity contribution is 5.20. The zero-order valence-corrected chi connectivity index (χ0v) is 11.8. The summed E-state index contributed by atoms with van der Waals surface area (Å²) in [5.74, 6) is -0.190. The van der Waals surface area contributed by atoms with Crippen LogP contribution in [0.2, 0.25) is 0 Å². The van der Waals surface area contributed by atoms with Crippen molar-refractivity contribution in [2.45, 2.75) is 25.4 Å². The molecule has 0 saturated carbocycles. The minimum absolute atomic E-state index is 0.190. The molecule has 1 saturated heterocycles. The molecule has 2 rings (SSSR count). The average Bonchev–Trinajstić information content (AvgIpc) is 2.43. The number of nitrogens with two attached hydrogens (primary N) is 1. The van der Waals surface area contributed by atoms with E-state index >= 15 is 0 Å². The van der Waals surface area contributed by atoms with E-state index in [2.05, 4.69) is 23.8 Å². The van der Waals surface area contributed by atoms with E-state index in [1.165, 1.54) is 12.1 Å². The number of halogens is 1. The molecule has 1 aliphatic rings. The maximum Gasteiger partial charge on any atom is 0.123 e. The first-order chi connectivity index (χ1) is 9.15. The summed E-state index contributed by atoms with van der Waals surface area (Å²) >= 11 is 0. The standard InChI is InChI=1S/C15H24FN3/c1-3-14-11-19(9-8-18(14)2)15(10-17)12-4-6-13(16)7-5-12/h4-7,14-15H,3,8-11,17H2,1-2H3. The predicted octanol–water partition coefficient (Wildman–Crippen LogP) is 1.85. The van der Waals surface area contributed by atoms with Gasteiger partial charge in [0.2, 0.25) is 0 Å². The Morgan fingerprint density at radius 1 is 1.32 bits per heavy atom. The Kier molecular flexibility index (Phi) is 4.91. The van der Waals surface area contributed by atoms with Gasteiger partial charge in [0.25, 0.3) is 0 Å². The number of rotatable bonds is 4. The van der Waals surface area contributed by atoms with E-state index in [1.807, 2.05) is 12.1 Å². The van der Waals surface area contributed by atoms with Gasteiger partial charge in [-0.15, -0.1) is 0 Å². The lowest BCUT2D eigenvalue weighted by atomic mass is 10.0. The van der Waals surface area contributed by atoms with Gasteiger partial charge in [-0.05, 0) is 31.2 Å². The highest BCUT2D eigenvalue weighted by atomic mass is 19.1. The van der Waals surface area contributed by atoms with Gasteiger partial charge in [-0.3, -0.25) is 4.90 Å². The monoisotopic (exact) mass is 265 g/mol. The maximum absolute atomic E-state index is 13.0. The van der Waals surface area contributed by atoms with E-state index in [0.717, 1.165) is 31.6 Å². The van der Waals surface area contributed by atoms with Crippen molar-refractivity contribution >= 4 is 0 Å². The van der Waals surface area contributed by atoms with E-state index < -0.39 is 0 Å². The van der Waals surface area contributed by atoms with Crippen molar-refractivity contribution in [3.63, 3.8) is 0 Å². The molecule has 2 N–H and O–H groups in total. The van der Waals surface area contributed by atoms with Crippen LogP contribution in [-0.4, -0.2) is 49.1 Å². The zero-order chi connectivity index (χ0) is 13.8. The normalized spacial score (nSPS) is 23.5. The summed E-state index contributed by atoms with van der Waals surface area (Å²) in [6.07, 6.45) is 1.15. The lowest BCUT2D eigenvalue weighted by Crippen LogP contribution is -2.53. The fraction of sp³-hybridized carbons (Fsp3) is 0.600. The zero-order valence-electron chi connectivity index (χ0n) is 11.8. The van der Waals surface area contributed by atoms with Crippen LogP contribution in [0.15, 0.2) is 24.3 Å². The summed E-state index contributed by atoms with van der Waals surface area (Å²) in [6.45, 7) is 5.92. The summed E-state index contributed by atoms with van der Waals surface area (Å²) in [7, 11) is 2.18. The second-order valence-electron chi connectivity index (χ2n) is 5.34. The Morgan fingerprint density at radius 3 is 2.58 bits per heavy atom. The fourth-order valence-electron chi connectivity index (χ4n) is 2.87. The Balaban J connectivity index is 2.11. The largest absolute Gasteiger partial charge is 0.329 e. The lowest BCUT2D eigenvalue weighted by molar-refractivity contribution is 0.0644. The minimum Gasteiger partial charge on any atom is -0.329 e. The van der Waals surface area contributed by atoms with E-state index in [-0.39, 0.29) is 11.9 Å². The van der Waals surface area contributed by atoms with E-state index in [9.17, 15) is 4.39 Å². The molecule has 4 heteroatoms.